The van der Waals surface area contributed by atoms with Gasteiger partial charge in [-0.05, 0) is 11.1 Å². The highest BCUT2D eigenvalue weighted by Crippen LogP contribution is 2.35. The van der Waals surface area contributed by atoms with E-state index in [-0.39, 0.29) is 11.1 Å². The summed E-state index contributed by atoms with van der Waals surface area (Å²) in [6.45, 7) is -0.335. The van der Waals surface area contributed by atoms with Crippen LogP contribution >= 0.6 is 0 Å². The summed E-state index contributed by atoms with van der Waals surface area (Å²) in [5.74, 6) is 0. The van der Waals surface area contributed by atoms with Crippen LogP contribution in [0.5, 0.6) is 0 Å². The van der Waals surface area contributed by atoms with Gasteiger partial charge in [0.05, 0.1) is 12.2 Å². The van der Waals surface area contributed by atoms with Gasteiger partial charge in [0.1, 0.15) is 6.61 Å². The summed E-state index contributed by atoms with van der Waals surface area (Å²) in [6.07, 6.45) is -4.58. The number of hydrogen-bond donors (Lipinski definition) is 2. The molecular weight excluding hydrogens is 197 g/mol. The van der Waals surface area contributed by atoms with Gasteiger partial charge < -0.3 is 10.2 Å². The minimum Gasteiger partial charge on any atom is -0.392 e. The van der Waals surface area contributed by atoms with Crippen LogP contribution in [0.15, 0.2) is 18.2 Å². The van der Waals surface area contributed by atoms with E-state index in [0.717, 1.165) is 12.1 Å². The number of hydrogen-bond acceptors (Lipinski definition) is 2. The van der Waals surface area contributed by atoms with Crippen LogP contribution < -0.4 is 0 Å². The van der Waals surface area contributed by atoms with Crippen molar-refractivity contribution in [3.8, 4) is 0 Å². The van der Waals surface area contributed by atoms with E-state index in [1.54, 1.807) is 0 Å². The standard InChI is InChI=1S/C9H8F3O2/c10-9(11,12)8-6(4-13)2-1-3-7(8)5-14/h1-4,13-14H,5H2. The number of alkyl halides is 3. The van der Waals surface area contributed by atoms with E-state index in [9.17, 15) is 13.2 Å². The lowest BCUT2D eigenvalue weighted by molar-refractivity contribution is -0.139. The van der Waals surface area contributed by atoms with Crippen molar-refractivity contribution in [2.24, 2.45) is 0 Å². The van der Waals surface area contributed by atoms with Gasteiger partial charge in [0.25, 0.3) is 0 Å². The Hall–Kier alpha value is -1.07. The lowest BCUT2D eigenvalue weighted by atomic mass is 10.0. The van der Waals surface area contributed by atoms with Crippen LogP contribution in [0.2, 0.25) is 0 Å². The van der Waals surface area contributed by atoms with E-state index in [1.807, 2.05) is 0 Å². The van der Waals surface area contributed by atoms with Crippen LogP contribution in [0.25, 0.3) is 0 Å². The summed E-state index contributed by atoms with van der Waals surface area (Å²) in [7, 11) is 0. The molecule has 1 aromatic rings. The molecule has 0 amide bonds. The predicted octanol–water partition coefficient (Wildman–Crippen LogP) is 2.08. The first kappa shape index (κ1) is 11.0. The van der Waals surface area contributed by atoms with E-state index in [4.69, 9.17) is 10.2 Å². The summed E-state index contributed by atoms with van der Waals surface area (Å²) >= 11 is 0. The first-order chi connectivity index (χ1) is 6.50. The topological polar surface area (TPSA) is 40.5 Å². The van der Waals surface area contributed by atoms with Crippen LogP contribution in [0.1, 0.15) is 16.7 Å². The van der Waals surface area contributed by atoms with Crippen molar-refractivity contribution in [1.82, 2.24) is 0 Å². The molecule has 2 N–H and O–H groups in total. The number of halogens is 3. The zero-order valence-electron chi connectivity index (χ0n) is 7.04. The van der Waals surface area contributed by atoms with E-state index in [0.29, 0.717) is 6.61 Å². The first-order valence-electron chi connectivity index (χ1n) is 3.78. The fourth-order valence-corrected chi connectivity index (χ4v) is 1.21. The average Bonchev–Trinajstić information content (AvgIpc) is 2.15. The zero-order chi connectivity index (χ0) is 10.8. The summed E-state index contributed by atoms with van der Waals surface area (Å²) in [5.41, 5.74) is -1.59. The van der Waals surface area contributed by atoms with Gasteiger partial charge in [-0.25, -0.2) is 0 Å². The molecule has 0 unspecified atom stereocenters. The fourth-order valence-electron chi connectivity index (χ4n) is 1.21. The maximum Gasteiger partial charge on any atom is 0.417 e. The molecule has 0 spiro atoms. The average molecular weight is 205 g/mol. The Labute approximate surface area is 78.6 Å². The van der Waals surface area contributed by atoms with Crippen LogP contribution in [-0.2, 0) is 12.8 Å². The summed E-state index contributed by atoms with van der Waals surface area (Å²) < 4.78 is 37.3. The monoisotopic (exact) mass is 205 g/mol. The third-order valence-corrected chi connectivity index (χ3v) is 1.78. The van der Waals surface area contributed by atoms with Crippen molar-refractivity contribution >= 4 is 0 Å². The molecule has 2 nitrogen and oxygen atoms in total. The SMILES string of the molecule is O[CH]c1cccc(CO)c1C(F)(F)F. The number of benzene rings is 1. The normalized spacial score (nSPS) is 11.8. The van der Waals surface area contributed by atoms with Crippen LogP contribution in [0.4, 0.5) is 13.2 Å². The maximum atomic E-state index is 12.4. The molecule has 0 saturated carbocycles. The Morgan fingerprint density at radius 1 is 1.29 bits per heavy atom. The van der Waals surface area contributed by atoms with Crippen molar-refractivity contribution in [3.05, 3.63) is 41.5 Å². The molecule has 0 bridgehead atoms. The second-order valence-electron chi connectivity index (χ2n) is 2.67. The Morgan fingerprint density at radius 2 is 1.93 bits per heavy atom. The van der Waals surface area contributed by atoms with Crippen molar-refractivity contribution < 1.29 is 23.4 Å². The van der Waals surface area contributed by atoms with Gasteiger partial charge in [-0.3, -0.25) is 0 Å². The molecule has 1 aromatic carbocycles. The lowest BCUT2D eigenvalue weighted by Crippen LogP contribution is -2.12. The Bertz CT molecular complexity index is 298. The largest absolute Gasteiger partial charge is 0.417 e. The Balaban J connectivity index is 3.34. The van der Waals surface area contributed by atoms with Crippen molar-refractivity contribution in [2.45, 2.75) is 12.8 Å². The molecule has 0 aliphatic heterocycles. The van der Waals surface area contributed by atoms with Crippen molar-refractivity contribution in [3.63, 3.8) is 0 Å². The van der Waals surface area contributed by atoms with Gasteiger partial charge in [-0.2, -0.15) is 13.2 Å². The van der Waals surface area contributed by atoms with E-state index in [1.165, 1.54) is 6.07 Å². The Morgan fingerprint density at radius 3 is 2.36 bits per heavy atom. The zero-order valence-corrected chi connectivity index (χ0v) is 7.04. The lowest BCUT2D eigenvalue weighted by Gasteiger charge is -2.14. The second kappa shape index (κ2) is 3.98. The molecule has 0 aromatic heterocycles. The molecule has 14 heavy (non-hydrogen) atoms. The van der Waals surface area contributed by atoms with Gasteiger partial charge in [0, 0.05) is 0 Å². The quantitative estimate of drug-likeness (QED) is 0.775. The molecule has 0 heterocycles. The number of rotatable bonds is 2. The molecule has 0 aliphatic rings. The van der Waals surface area contributed by atoms with E-state index >= 15 is 0 Å². The minimum atomic E-state index is -4.58. The molecule has 5 heteroatoms. The Kier molecular flexibility index (Phi) is 3.13. The third kappa shape index (κ3) is 2.05. The number of aliphatic hydroxyl groups excluding tert-OH is 2. The van der Waals surface area contributed by atoms with Gasteiger partial charge in [-0.1, -0.05) is 18.2 Å². The third-order valence-electron chi connectivity index (χ3n) is 1.78. The van der Waals surface area contributed by atoms with Crippen LogP contribution in [0, 0.1) is 6.61 Å². The van der Waals surface area contributed by atoms with Gasteiger partial charge in [0.15, 0.2) is 0 Å². The highest BCUT2D eigenvalue weighted by Gasteiger charge is 2.35. The summed E-state index contributed by atoms with van der Waals surface area (Å²) in [5, 5.41) is 17.3. The molecule has 0 saturated heterocycles. The van der Waals surface area contributed by atoms with Crippen molar-refractivity contribution in [2.75, 3.05) is 0 Å². The first-order valence-corrected chi connectivity index (χ1v) is 3.78. The highest BCUT2D eigenvalue weighted by molar-refractivity contribution is 5.39. The molecule has 0 atom stereocenters. The van der Waals surface area contributed by atoms with Crippen LogP contribution in [-0.4, -0.2) is 10.2 Å². The molecular formula is C9H8F3O2. The highest BCUT2D eigenvalue weighted by atomic mass is 19.4. The molecule has 1 rings (SSSR count). The van der Waals surface area contributed by atoms with Gasteiger partial charge >= 0.3 is 6.18 Å². The smallest absolute Gasteiger partial charge is 0.392 e. The van der Waals surface area contributed by atoms with Crippen molar-refractivity contribution in [1.29, 1.82) is 0 Å². The summed E-state index contributed by atoms with van der Waals surface area (Å²) in [4.78, 5) is 0. The fraction of sp³-hybridized carbons (Fsp3) is 0.222. The van der Waals surface area contributed by atoms with E-state index in [2.05, 4.69) is 0 Å². The second-order valence-corrected chi connectivity index (χ2v) is 2.67. The molecule has 0 aliphatic carbocycles. The van der Waals surface area contributed by atoms with Gasteiger partial charge in [-0.15, -0.1) is 0 Å². The van der Waals surface area contributed by atoms with Gasteiger partial charge in [0.2, 0.25) is 0 Å². The number of aliphatic hydroxyl groups is 2. The minimum absolute atomic E-state index is 0.250. The van der Waals surface area contributed by atoms with Crippen LogP contribution in [0.3, 0.4) is 0 Å². The molecule has 77 valence electrons. The van der Waals surface area contributed by atoms with E-state index < -0.39 is 18.3 Å². The molecule has 0 fully saturated rings. The maximum absolute atomic E-state index is 12.4. The summed E-state index contributed by atoms with van der Waals surface area (Å²) in [6, 6.07) is 3.63. The molecule has 1 radical (unpaired) electrons. The predicted molar refractivity (Wildman–Crippen MR) is 42.7 cm³/mol.